The van der Waals surface area contributed by atoms with E-state index in [4.69, 9.17) is 9.47 Å². The van der Waals surface area contributed by atoms with E-state index < -0.39 is 0 Å². The molecule has 2 unspecified atom stereocenters. The molecule has 2 heterocycles. The van der Waals surface area contributed by atoms with Gasteiger partial charge in [0, 0.05) is 17.9 Å². The van der Waals surface area contributed by atoms with Crippen molar-refractivity contribution in [2.75, 3.05) is 20.2 Å². The summed E-state index contributed by atoms with van der Waals surface area (Å²) < 4.78 is 10.4. The normalized spacial score (nSPS) is 38.1. The van der Waals surface area contributed by atoms with E-state index in [2.05, 4.69) is 19.2 Å². The number of carbonyl (C=O) groups is 1. The van der Waals surface area contributed by atoms with Gasteiger partial charge in [-0.3, -0.25) is 0 Å². The van der Waals surface area contributed by atoms with Gasteiger partial charge in [-0.2, -0.15) is 0 Å². The van der Waals surface area contributed by atoms with Crippen molar-refractivity contribution in [3.8, 4) is 0 Å². The first-order valence-corrected chi connectivity index (χ1v) is 5.74. The monoisotopic (exact) mass is 225 g/mol. The molecule has 0 aromatic heterocycles. The first-order chi connectivity index (χ1) is 7.59. The van der Waals surface area contributed by atoms with Crippen LogP contribution in [0.2, 0.25) is 0 Å². The maximum absolute atomic E-state index is 11.7. The molecule has 0 aromatic rings. The highest BCUT2D eigenvalue weighted by Gasteiger charge is 2.48. The Labute approximate surface area is 96.0 Å². The van der Waals surface area contributed by atoms with E-state index in [1.807, 2.05) is 0 Å². The smallest absolute Gasteiger partial charge is 0.337 e. The number of esters is 1. The molecule has 3 atom stereocenters. The second-order valence-corrected chi connectivity index (χ2v) is 4.87. The van der Waals surface area contributed by atoms with Crippen LogP contribution in [0.1, 0.15) is 20.3 Å². The molecule has 0 saturated carbocycles. The topological polar surface area (TPSA) is 47.6 Å². The number of piperidine rings is 1. The van der Waals surface area contributed by atoms with Crippen LogP contribution in [0.3, 0.4) is 0 Å². The zero-order valence-electron chi connectivity index (χ0n) is 10.1. The second-order valence-electron chi connectivity index (χ2n) is 4.87. The number of nitrogens with one attached hydrogen (secondary N) is 1. The summed E-state index contributed by atoms with van der Waals surface area (Å²) in [6, 6.07) is 0. The zero-order valence-corrected chi connectivity index (χ0v) is 10.1. The van der Waals surface area contributed by atoms with Gasteiger partial charge in [-0.25, -0.2) is 4.79 Å². The van der Waals surface area contributed by atoms with Crippen molar-refractivity contribution in [1.29, 1.82) is 0 Å². The fraction of sp³-hybridized carbons (Fsp3) is 0.750. The molecular formula is C12H19NO3. The Morgan fingerprint density at radius 1 is 1.69 bits per heavy atom. The fourth-order valence-corrected chi connectivity index (χ4v) is 2.72. The van der Waals surface area contributed by atoms with Crippen molar-refractivity contribution in [1.82, 2.24) is 5.32 Å². The molecule has 0 bridgehead atoms. The standard InChI is InChI=1S/C12H19NO3/c1-8-12(2)7-13-5-4-10(12)9(6-16-8)11(14)15-3/h6,8,10,13H,4-5,7H2,1-3H3/t8?,10-,12?/m1/s1. The molecule has 2 rings (SSSR count). The van der Waals surface area contributed by atoms with Crippen molar-refractivity contribution in [2.45, 2.75) is 26.4 Å². The summed E-state index contributed by atoms with van der Waals surface area (Å²) in [6.45, 7) is 6.06. The van der Waals surface area contributed by atoms with Gasteiger partial charge >= 0.3 is 5.97 Å². The number of fused-ring (bicyclic) bond motifs is 1. The van der Waals surface area contributed by atoms with E-state index in [0.29, 0.717) is 5.57 Å². The van der Waals surface area contributed by atoms with Crippen LogP contribution in [0.5, 0.6) is 0 Å². The number of methoxy groups -OCH3 is 1. The highest BCUT2D eigenvalue weighted by Crippen LogP contribution is 2.44. The molecule has 4 heteroatoms. The van der Waals surface area contributed by atoms with Gasteiger partial charge < -0.3 is 14.8 Å². The Morgan fingerprint density at radius 3 is 3.12 bits per heavy atom. The van der Waals surface area contributed by atoms with Crippen molar-refractivity contribution in [2.24, 2.45) is 11.3 Å². The summed E-state index contributed by atoms with van der Waals surface area (Å²) in [5.41, 5.74) is 0.667. The van der Waals surface area contributed by atoms with Gasteiger partial charge in [0.05, 0.1) is 18.9 Å². The number of carbonyl (C=O) groups excluding carboxylic acids is 1. The fourth-order valence-electron chi connectivity index (χ4n) is 2.72. The minimum absolute atomic E-state index is 0.0173. The van der Waals surface area contributed by atoms with Crippen molar-refractivity contribution >= 4 is 5.97 Å². The number of ether oxygens (including phenoxy) is 2. The van der Waals surface area contributed by atoms with Crippen molar-refractivity contribution < 1.29 is 14.3 Å². The quantitative estimate of drug-likeness (QED) is 0.678. The third kappa shape index (κ3) is 1.61. The molecule has 0 spiro atoms. The third-order valence-electron chi connectivity index (χ3n) is 4.04. The van der Waals surface area contributed by atoms with Gasteiger partial charge in [-0.15, -0.1) is 0 Å². The van der Waals surface area contributed by atoms with Crippen molar-refractivity contribution in [3.63, 3.8) is 0 Å². The molecule has 1 saturated heterocycles. The lowest BCUT2D eigenvalue weighted by atomic mass is 9.65. The number of hydrogen-bond acceptors (Lipinski definition) is 4. The van der Waals surface area contributed by atoms with E-state index in [0.717, 1.165) is 19.5 Å². The number of hydrogen-bond donors (Lipinski definition) is 1. The average molecular weight is 225 g/mol. The van der Waals surface area contributed by atoms with Crippen LogP contribution in [0.25, 0.3) is 0 Å². The average Bonchev–Trinajstić information content (AvgIpc) is 2.30. The lowest BCUT2D eigenvalue weighted by Gasteiger charge is -2.48. The molecule has 0 aromatic carbocycles. The SMILES string of the molecule is COC(=O)C1=COC(C)C2(C)CNCC[C@H]12. The molecule has 2 aliphatic rings. The number of rotatable bonds is 1. The van der Waals surface area contributed by atoms with E-state index in [-0.39, 0.29) is 23.4 Å². The summed E-state index contributed by atoms with van der Waals surface area (Å²) in [6.07, 6.45) is 2.68. The Hall–Kier alpha value is -1.03. The summed E-state index contributed by atoms with van der Waals surface area (Å²) in [5, 5.41) is 3.37. The maximum Gasteiger partial charge on any atom is 0.337 e. The minimum Gasteiger partial charge on any atom is -0.497 e. The van der Waals surface area contributed by atoms with Gasteiger partial charge in [0.15, 0.2) is 0 Å². The van der Waals surface area contributed by atoms with Gasteiger partial charge in [0.25, 0.3) is 0 Å². The molecule has 0 radical (unpaired) electrons. The second kappa shape index (κ2) is 4.09. The van der Waals surface area contributed by atoms with Crippen LogP contribution < -0.4 is 5.32 Å². The maximum atomic E-state index is 11.7. The van der Waals surface area contributed by atoms with Crippen LogP contribution in [0, 0.1) is 11.3 Å². The molecule has 1 fully saturated rings. The van der Waals surface area contributed by atoms with Crippen LogP contribution in [0.15, 0.2) is 11.8 Å². The van der Waals surface area contributed by atoms with Crippen LogP contribution in [-0.2, 0) is 14.3 Å². The lowest BCUT2D eigenvalue weighted by molar-refractivity contribution is -0.139. The Kier molecular flexibility index (Phi) is 2.93. The highest BCUT2D eigenvalue weighted by atomic mass is 16.5. The molecular weight excluding hydrogens is 206 g/mol. The summed E-state index contributed by atoms with van der Waals surface area (Å²) in [5.74, 6) is -0.0185. The van der Waals surface area contributed by atoms with Gasteiger partial charge in [-0.05, 0) is 19.9 Å². The van der Waals surface area contributed by atoms with Crippen LogP contribution in [0.4, 0.5) is 0 Å². The minimum atomic E-state index is -0.259. The molecule has 0 aliphatic carbocycles. The van der Waals surface area contributed by atoms with E-state index in [9.17, 15) is 4.79 Å². The molecule has 2 aliphatic heterocycles. The van der Waals surface area contributed by atoms with E-state index in [1.165, 1.54) is 7.11 Å². The molecule has 90 valence electrons. The molecule has 0 amide bonds. The highest BCUT2D eigenvalue weighted by molar-refractivity contribution is 5.89. The largest absolute Gasteiger partial charge is 0.497 e. The first kappa shape index (κ1) is 11.5. The lowest BCUT2D eigenvalue weighted by Crippen LogP contribution is -2.54. The summed E-state index contributed by atoms with van der Waals surface area (Å²) >= 11 is 0. The van der Waals surface area contributed by atoms with Gasteiger partial charge in [0.2, 0.25) is 0 Å². The predicted octanol–water partition coefficient (Wildman–Crippen LogP) is 1.08. The van der Waals surface area contributed by atoms with E-state index >= 15 is 0 Å². The Bertz CT molecular complexity index is 326. The molecule has 1 N–H and O–H groups in total. The Balaban J connectivity index is 2.31. The summed E-state index contributed by atoms with van der Waals surface area (Å²) in [4.78, 5) is 11.7. The first-order valence-electron chi connectivity index (χ1n) is 5.74. The van der Waals surface area contributed by atoms with Crippen molar-refractivity contribution in [3.05, 3.63) is 11.8 Å². The molecule has 16 heavy (non-hydrogen) atoms. The predicted molar refractivity (Wildman–Crippen MR) is 59.7 cm³/mol. The van der Waals surface area contributed by atoms with Crippen LogP contribution >= 0.6 is 0 Å². The van der Waals surface area contributed by atoms with E-state index in [1.54, 1.807) is 6.26 Å². The summed E-state index contributed by atoms with van der Waals surface area (Å²) in [7, 11) is 1.42. The molecule has 4 nitrogen and oxygen atoms in total. The van der Waals surface area contributed by atoms with Gasteiger partial charge in [0.1, 0.15) is 6.10 Å². The van der Waals surface area contributed by atoms with Gasteiger partial charge in [-0.1, -0.05) is 6.92 Å². The third-order valence-corrected chi connectivity index (χ3v) is 4.04. The Morgan fingerprint density at radius 2 is 2.44 bits per heavy atom. The van der Waals surface area contributed by atoms with Crippen LogP contribution in [-0.4, -0.2) is 32.3 Å². The zero-order chi connectivity index (χ0) is 11.8.